The van der Waals surface area contributed by atoms with Crippen molar-refractivity contribution in [3.63, 3.8) is 0 Å². The third kappa shape index (κ3) is 11.7. The van der Waals surface area contributed by atoms with Crippen molar-refractivity contribution in [3.8, 4) is 23.0 Å². The van der Waals surface area contributed by atoms with Crippen LogP contribution in [0.4, 0.5) is 28.4 Å². The highest BCUT2D eigenvalue weighted by Gasteiger charge is 2.39. The van der Waals surface area contributed by atoms with Crippen LogP contribution in [0.1, 0.15) is 55.8 Å². The fourth-order valence-corrected chi connectivity index (χ4v) is 10.5. The Hall–Kier alpha value is -8.26. The van der Waals surface area contributed by atoms with E-state index in [9.17, 15) is 24.0 Å². The van der Waals surface area contributed by atoms with Gasteiger partial charge in [0.25, 0.3) is 23.6 Å². The van der Waals surface area contributed by atoms with E-state index in [1.165, 1.54) is 19.3 Å². The van der Waals surface area contributed by atoms with Gasteiger partial charge < -0.3 is 53.6 Å². The number of anilines is 4. The predicted octanol–water partition coefficient (Wildman–Crippen LogP) is 6.45. The molecular formula is C59H63N7O12. The molecule has 406 valence electrons. The fourth-order valence-electron chi connectivity index (χ4n) is 10.5. The Labute approximate surface area is 452 Å². The highest BCUT2D eigenvalue weighted by atomic mass is 16.5. The lowest BCUT2D eigenvalue weighted by Gasteiger charge is -2.26. The molecule has 19 nitrogen and oxygen atoms in total. The number of amides is 5. The lowest BCUT2D eigenvalue weighted by molar-refractivity contribution is -0.137. The molecule has 0 bridgehead atoms. The number of fused-ring (bicyclic) bond motifs is 8. The van der Waals surface area contributed by atoms with Gasteiger partial charge in [-0.2, -0.15) is 0 Å². The minimum absolute atomic E-state index is 0.0497. The molecule has 19 heteroatoms. The number of aliphatic imine (C=N–C) groups is 1. The molecule has 5 aliphatic rings. The van der Waals surface area contributed by atoms with Gasteiger partial charge in [-0.1, -0.05) is 36.4 Å². The maximum Gasteiger partial charge on any atom is 0.261 e. The van der Waals surface area contributed by atoms with E-state index in [4.69, 9.17) is 38.2 Å². The number of ether oxygens (including phenoxy) is 7. The topological polar surface area (TPSA) is 199 Å². The van der Waals surface area contributed by atoms with Crippen LogP contribution in [-0.4, -0.2) is 140 Å². The number of hydrogen-bond acceptors (Lipinski definition) is 15. The number of rotatable bonds is 25. The molecule has 5 aromatic rings. The van der Waals surface area contributed by atoms with Crippen molar-refractivity contribution in [2.24, 2.45) is 4.99 Å². The number of carbonyl (C=O) groups excluding carboxylic acids is 5. The van der Waals surface area contributed by atoms with E-state index in [0.717, 1.165) is 50.6 Å². The fraction of sp³-hybridized carbons (Fsp3) is 0.356. The molecule has 0 spiro atoms. The summed E-state index contributed by atoms with van der Waals surface area (Å²) >= 11 is 0. The molecule has 5 heterocycles. The number of benzene rings is 5. The van der Waals surface area contributed by atoms with Crippen LogP contribution in [0.5, 0.6) is 23.0 Å². The Balaban J connectivity index is 0.908. The highest BCUT2D eigenvalue weighted by molar-refractivity contribution is 6.15. The van der Waals surface area contributed by atoms with Crippen LogP contribution < -0.4 is 44.3 Å². The second-order valence-electron chi connectivity index (χ2n) is 19.4. The SMILES string of the molecule is COCCOCCOCCN(CCCC(=O)NCCN1C(=O)C=CC1=O)c1cc(COc2cc3c(cc2OC)C(=O)N2c4ccccc4CC2C=N3)cc(COc2cc3c(cc2OC)C(=O)N2c4ccccc4C[C@H]2CN3)c1. The van der Waals surface area contributed by atoms with Gasteiger partial charge in [-0.05, 0) is 77.6 Å². The minimum Gasteiger partial charge on any atom is -0.493 e. The molecule has 78 heavy (non-hydrogen) atoms. The van der Waals surface area contributed by atoms with Crippen molar-refractivity contribution in [2.75, 3.05) is 107 Å². The van der Waals surface area contributed by atoms with Crippen LogP contribution in [0.3, 0.4) is 0 Å². The van der Waals surface area contributed by atoms with Gasteiger partial charge in [0.1, 0.15) is 13.2 Å². The lowest BCUT2D eigenvalue weighted by atomic mass is 10.1. The third-order valence-corrected chi connectivity index (χ3v) is 14.4. The molecular weight excluding hydrogens is 999 g/mol. The number of para-hydroxylation sites is 2. The van der Waals surface area contributed by atoms with E-state index in [1.807, 2.05) is 77.8 Å². The zero-order valence-corrected chi connectivity index (χ0v) is 44.0. The molecule has 0 saturated heterocycles. The van der Waals surface area contributed by atoms with Gasteiger partial charge >= 0.3 is 0 Å². The van der Waals surface area contributed by atoms with Crippen LogP contribution in [0.15, 0.2) is 108 Å². The number of nitrogens with one attached hydrogen (secondary N) is 2. The summed E-state index contributed by atoms with van der Waals surface area (Å²) in [6.07, 6.45) is 6.30. The largest absolute Gasteiger partial charge is 0.493 e. The van der Waals surface area contributed by atoms with E-state index in [-0.39, 0.29) is 62.5 Å². The van der Waals surface area contributed by atoms with Crippen LogP contribution >= 0.6 is 0 Å². The molecule has 10 rings (SSSR count). The Bertz CT molecular complexity index is 3130. The van der Waals surface area contributed by atoms with Crippen molar-refractivity contribution in [2.45, 2.75) is 51.0 Å². The summed E-state index contributed by atoms with van der Waals surface area (Å²) in [6.45, 7) is 3.86. The molecule has 2 atom stereocenters. The van der Waals surface area contributed by atoms with Crippen LogP contribution in [0, 0.1) is 0 Å². The van der Waals surface area contributed by atoms with Crippen molar-refractivity contribution in [3.05, 3.63) is 137 Å². The van der Waals surface area contributed by atoms with Gasteiger partial charge in [0.05, 0.1) is 81.8 Å². The van der Waals surface area contributed by atoms with Gasteiger partial charge in [0.15, 0.2) is 23.0 Å². The first-order chi connectivity index (χ1) is 38.1. The second-order valence-corrected chi connectivity index (χ2v) is 19.4. The average Bonchev–Trinajstić information content (AvgIpc) is 4.12. The predicted molar refractivity (Wildman–Crippen MR) is 293 cm³/mol. The summed E-state index contributed by atoms with van der Waals surface area (Å²) < 4.78 is 41.7. The Kier molecular flexibility index (Phi) is 16.6. The Morgan fingerprint density at radius 2 is 1.32 bits per heavy atom. The smallest absolute Gasteiger partial charge is 0.261 e. The van der Waals surface area contributed by atoms with Gasteiger partial charge in [0, 0.05) is 100 Å². The first-order valence-electron chi connectivity index (χ1n) is 26.2. The van der Waals surface area contributed by atoms with Crippen LogP contribution in [-0.2, 0) is 54.6 Å². The number of imide groups is 1. The van der Waals surface area contributed by atoms with E-state index in [0.29, 0.717) is 111 Å². The standard InChI is InChI=1S/C59H63N7O12/c1-72-21-22-76-24-23-75-20-19-63(17-8-13-55(67)60-16-18-64-56(68)14-15-57(64)69)42-26-38(36-77-53-32-47-45(30-51(53)73-2)58(70)65-43(34-61-47)28-40-9-4-6-11-49(40)65)25-39(27-42)37-78-54-33-48-46(31-52(54)74-3)59(71)66-44(35-62-48)29-41-10-5-7-12-50(41)66/h4-7,9-12,14-15,25-27,30-34,43-44,62H,8,13,16-24,28-29,35-37H2,1-3H3,(H,60,67)/t43?,44-/m0/s1. The maximum atomic E-state index is 14.2. The average molecular weight is 1060 g/mol. The quantitative estimate of drug-likeness (QED) is 0.0477. The molecule has 5 aliphatic heterocycles. The normalized spacial score (nSPS) is 16.6. The molecule has 0 radical (unpaired) electrons. The Morgan fingerprint density at radius 3 is 2.03 bits per heavy atom. The summed E-state index contributed by atoms with van der Waals surface area (Å²) in [6, 6.07) is 28.6. The van der Waals surface area contributed by atoms with Gasteiger partial charge in [0.2, 0.25) is 5.91 Å². The summed E-state index contributed by atoms with van der Waals surface area (Å²) in [5.74, 6) is 0.286. The summed E-state index contributed by atoms with van der Waals surface area (Å²) in [5, 5.41) is 6.35. The number of nitrogens with zero attached hydrogens (tertiary/aromatic N) is 5. The zero-order chi connectivity index (χ0) is 54.1. The number of methoxy groups -OCH3 is 3. The molecule has 5 aromatic carbocycles. The summed E-state index contributed by atoms with van der Waals surface area (Å²) in [5.41, 5.74) is 8.36. The molecule has 1 unspecified atom stereocenters. The van der Waals surface area contributed by atoms with Crippen molar-refractivity contribution < 1.29 is 57.1 Å². The second kappa shape index (κ2) is 24.4. The molecule has 0 aliphatic carbocycles. The van der Waals surface area contributed by atoms with Crippen molar-refractivity contribution >= 4 is 64.2 Å². The molecule has 0 saturated carbocycles. The maximum absolute atomic E-state index is 14.2. The number of hydrogen-bond donors (Lipinski definition) is 2. The minimum atomic E-state index is -0.404. The van der Waals surface area contributed by atoms with E-state index < -0.39 is 11.8 Å². The van der Waals surface area contributed by atoms with Crippen molar-refractivity contribution in [1.29, 1.82) is 0 Å². The molecule has 0 aromatic heterocycles. The van der Waals surface area contributed by atoms with Crippen LogP contribution in [0.2, 0.25) is 0 Å². The highest BCUT2D eigenvalue weighted by Crippen LogP contribution is 2.43. The first-order valence-corrected chi connectivity index (χ1v) is 26.2. The van der Waals surface area contributed by atoms with Crippen molar-refractivity contribution in [1.82, 2.24) is 10.2 Å². The van der Waals surface area contributed by atoms with E-state index >= 15 is 0 Å². The summed E-state index contributed by atoms with van der Waals surface area (Å²) in [4.78, 5) is 77.3. The monoisotopic (exact) mass is 1060 g/mol. The summed E-state index contributed by atoms with van der Waals surface area (Å²) in [7, 11) is 4.70. The Morgan fingerprint density at radius 1 is 0.692 bits per heavy atom. The molecule has 5 amide bonds. The van der Waals surface area contributed by atoms with Gasteiger partial charge in [-0.15, -0.1) is 0 Å². The third-order valence-electron chi connectivity index (χ3n) is 14.4. The first kappa shape index (κ1) is 53.2. The van der Waals surface area contributed by atoms with Gasteiger partial charge in [-0.3, -0.25) is 38.8 Å². The molecule has 0 fully saturated rings. The van der Waals surface area contributed by atoms with E-state index in [1.54, 1.807) is 37.3 Å². The lowest BCUT2D eigenvalue weighted by Crippen LogP contribution is -2.39. The van der Waals surface area contributed by atoms with Gasteiger partial charge in [-0.25, -0.2) is 0 Å². The molecule has 2 N–H and O–H groups in total. The number of carbonyl (C=O) groups is 5. The van der Waals surface area contributed by atoms with E-state index in [2.05, 4.69) is 21.6 Å². The zero-order valence-electron chi connectivity index (χ0n) is 44.0. The van der Waals surface area contributed by atoms with Crippen LogP contribution in [0.25, 0.3) is 0 Å².